The lowest BCUT2D eigenvalue weighted by molar-refractivity contribution is 0.0963. The van der Waals surface area contributed by atoms with E-state index in [1.807, 2.05) is 25.1 Å². The Morgan fingerprint density at radius 1 is 1.43 bits per heavy atom. The highest BCUT2D eigenvalue weighted by Crippen LogP contribution is 2.27. The maximum Gasteiger partial charge on any atom is 0.409 e. The monoisotopic (exact) mass is 540 g/mol. The van der Waals surface area contributed by atoms with E-state index < -0.39 is 0 Å². The largest absolute Gasteiger partial charge is 0.450 e. The van der Waals surface area contributed by atoms with Gasteiger partial charge in [-0.1, -0.05) is 23.7 Å². The Labute approximate surface area is 194 Å². The van der Waals surface area contributed by atoms with Crippen molar-refractivity contribution in [2.24, 2.45) is 4.99 Å². The van der Waals surface area contributed by atoms with Crippen LogP contribution in [0.2, 0.25) is 5.02 Å². The Bertz CT molecular complexity index is 642. The van der Waals surface area contributed by atoms with Crippen molar-refractivity contribution in [1.82, 2.24) is 15.5 Å². The van der Waals surface area contributed by atoms with Crippen LogP contribution in [0.5, 0.6) is 0 Å². The van der Waals surface area contributed by atoms with Gasteiger partial charge in [-0.3, -0.25) is 4.99 Å². The molecule has 1 aliphatic heterocycles. The zero-order valence-corrected chi connectivity index (χ0v) is 20.5. The summed E-state index contributed by atoms with van der Waals surface area (Å²) in [5.74, 6) is 0.783. The van der Waals surface area contributed by atoms with E-state index in [1.54, 1.807) is 23.7 Å². The number of likely N-dealkylation sites (tertiary alicyclic amines) is 1. The van der Waals surface area contributed by atoms with Crippen LogP contribution in [0.4, 0.5) is 4.79 Å². The van der Waals surface area contributed by atoms with Gasteiger partial charge in [-0.15, -0.1) is 24.0 Å². The summed E-state index contributed by atoms with van der Waals surface area (Å²) in [5.41, 5.74) is 1.20. The first-order valence-electron chi connectivity index (χ1n) is 9.24. The number of nitrogens with one attached hydrogen (secondary N) is 2. The van der Waals surface area contributed by atoms with Gasteiger partial charge < -0.3 is 20.3 Å². The predicted molar refractivity (Wildman–Crippen MR) is 129 cm³/mol. The Kier molecular flexibility index (Phi) is 12.0. The number of carbonyl (C=O) groups excluding carboxylic acids is 1. The van der Waals surface area contributed by atoms with E-state index in [1.165, 1.54) is 5.56 Å². The Morgan fingerprint density at radius 2 is 2.14 bits per heavy atom. The Balaban J connectivity index is 0.00000392. The molecule has 1 heterocycles. The molecule has 2 N–H and O–H groups in total. The maximum atomic E-state index is 11.8. The number of rotatable bonds is 6. The van der Waals surface area contributed by atoms with Crippen LogP contribution >= 0.6 is 47.3 Å². The number of nitrogens with zero attached hydrogens (tertiary/aromatic N) is 2. The number of piperidine rings is 1. The van der Waals surface area contributed by atoms with Gasteiger partial charge in [0.15, 0.2) is 5.96 Å². The van der Waals surface area contributed by atoms with E-state index >= 15 is 0 Å². The summed E-state index contributed by atoms with van der Waals surface area (Å²) < 4.78 is 5.07. The summed E-state index contributed by atoms with van der Waals surface area (Å²) in [5, 5.41) is 7.91. The molecule has 0 bridgehead atoms. The molecule has 9 heteroatoms. The number of carbonyl (C=O) groups is 1. The molecule has 1 saturated heterocycles. The fourth-order valence-electron chi connectivity index (χ4n) is 3.04. The molecular formula is C19H30ClIN4O2S. The second-order valence-corrected chi connectivity index (χ2v) is 7.81. The first-order chi connectivity index (χ1) is 13.1. The van der Waals surface area contributed by atoms with E-state index in [2.05, 4.69) is 27.9 Å². The fourth-order valence-corrected chi connectivity index (χ4v) is 3.91. The van der Waals surface area contributed by atoms with Crippen molar-refractivity contribution in [3.8, 4) is 0 Å². The quantitative estimate of drug-likeness (QED) is 0.322. The third kappa shape index (κ3) is 7.87. The molecule has 1 aromatic carbocycles. The number of aliphatic imine (C=N–C) groups is 1. The number of hydrogen-bond donors (Lipinski definition) is 2. The lowest BCUT2D eigenvalue weighted by Gasteiger charge is -2.32. The number of thioether (sulfide) groups is 1. The van der Waals surface area contributed by atoms with Crippen molar-refractivity contribution in [2.45, 2.75) is 31.1 Å². The highest BCUT2D eigenvalue weighted by molar-refractivity contribution is 14.0. The molecule has 1 fully saturated rings. The Hall–Kier alpha value is -0.870. The standard InChI is InChI=1S/C19H29ClN4O2S.HI/c1-4-26-19(25)24-10-8-16(9-11-24)23-18(21-2)22-13-17(27-3)14-6-5-7-15(20)12-14;/h5-7,12,16-17H,4,8-11,13H2,1-3H3,(H2,21,22,23);1H. The summed E-state index contributed by atoms with van der Waals surface area (Å²) in [6.07, 6.45) is 3.62. The highest BCUT2D eigenvalue weighted by Gasteiger charge is 2.24. The zero-order valence-electron chi connectivity index (χ0n) is 16.6. The number of ether oxygens (including phenoxy) is 1. The van der Waals surface area contributed by atoms with Crippen LogP contribution in [-0.4, -0.2) is 62.5 Å². The van der Waals surface area contributed by atoms with E-state index in [0.717, 1.165) is 30.4 Å². The number of hydrogen-bond acceptors (Lipinski definition) is 4. The second kappa shape index (κ2) is 13.4. The van der Waals surface area contributed by atoms with Gasteiger partial charge in [-0.25, -0.2) is 4.79 Å². The predicted octanol–water partition coefficient (Wildman–Crippen LogP) is 4.15. The van der Waals surface area contributed by atoms with Gasteiger partial charge in [0.05, 0.1) is 6.61 Å². The van der Waals surface area contributed by atoms with Crippen LogP contribution in [0.15, 0.2) is 29.3 Å². The van der Waals surface area contributed by atoms with Crippen molar-refractivity contribution in [2.75, 3.05) is 39.5 Å². The second-order valence-electron chi connectivity index (χ2n) is 6.34. The molecule has 1 aliphatic rings. The topological polar surface area (TPSA) is 66.0 Å². The van der Waals surface area contributed by atoms with Gasteiger partial charge in [0, 0.05) is 43.0 Å². The van der Waals surface area contributed by atoms with Crippen molar-refractivity contribution in [3.63, 3.8) is 0 Å². The third-order valence-corrected chi connectivity index (χ3v) is 5.79. The Morgan fingerprint density at radius 3 is 2.71 bits per heavy atom. The molecule has 0 aliphatic carbocycles. The van der Waals surface area contributed by atoms with Gasteiger partial charge >= 0.3 is 6.09 Å². The van der Waals surface area contributed by atoms with E-state index in [9.17, 15) is 4.79 Å². The summed E-state index contributed by atoms with van der Waals surface area (Å²) in [7, 11) is 1.77. The van der Waals surface area contributed by atoms with Crippen LogP contribution in [0.3, 0.4) is 0 Å². The molecule has 6 nitrogen and oxygen atoms in total. The van der Waals surface area contributed by atoms with Gasteiger partial charge in [0.1, 0.15) is 0 Å². The lowest BCUT2D eigenvalue weighted by atomic mass is 10.1. The molecule has 0 radical (unpaired) electrons. The van der Waals surface area contributed by atoms with Gasteiger partial charge in [0.2, 0.25) is 0 Å². The summed E-state index contributed by atoms with van der Waals surface area (Å²) in [4.78, 5) is 17.9. The smallest absolute Gasteiger partial charge is 0.409 e. The van der Waals surface area contributed by atoms with Crippen LogP contribution < -0.4 is 10.6 Å². The molecule has 0 spiro atoms. The molecule has 28 heavy (non-hydrogen) atoms. The molecule has 0 aromatic heterocycles. The minimum Gasteiger partial charge on any atom is -0.450 e. The molecule has 0 saturated carbocycles. The normalized spacial score (nSPS) is 16.1. The lowest BCUT2D eigenvalue weighted by Crippen LogP contribution is -2.50. The average molecular weight is 541 g/mol. The number of benzene rings is 1. The van der Waals surface area contributed by atoms with E-state index in [0.29, 0.717) is 25.7 Å². The van der Waals surface area contributed by atoms with Crippen LogP contribution in [0, 0.1) is 0 Å². The van der Waals surface area contributed by atoms with Crippen LogP contribution in [0.25, 0.3) is 0 Å². The molecule has 1 unspecified atom stereocenters. The van der Waals surface area contributed by atoms with Gasteiger partial charge in [-0.2, -0.15) is 11.8 Å². The first-order valence-corrected chi connectivity index (χ1v) is 10.9. The zero-order chi connectivity index (χ0) is 19.6. The van der Waals surface area contributed by atoms with Gasteiger partial charge in [-0.05, 0) is 43.7 Å². The third-order valence-electron chi connectivity index (χ3n) is 4.55. The summed E-state index contributed by atoms with van der Waals surface area (Å²) >= 11 is 7.89. The number of amides is 1. The molecule has 158 valence electrons. The van der Waals surface area contributed by atoms with Crippen LogP contribution in [0.1, 0.15) is 30.6 Å². The number of halogens is 2. The number of guanidine groups is 1. The first kappa shape index (κ1) is 25.2. The summed E-state index contributed by atoms with van der Waals surface area (Å²) in [6, 6.07) is 8.26. The van der Waals surface area contributed by atoms with Gasteiger partial charge in [0.25, 0.3) is 0 Å². The SMILES string of the molecule is CCOC(=O)N1CCC(NC(=NC)NCC(SC)c2cccc(Cl)c2)CC1.I. The fraction of sp³-hybridized carbons (Fsp3) is 0.579. The summed E-state index contributed by atoms with van der Waals surface area (Å²) in [6.45, 7) is 4.39. The van der Waals surface area contributed by atoms with Crippen molar-refractivity contribution >= 4 is 59.4 Å². The van der Waals surface area contributed by atoms with E-state index in [-0.39, 0.29) is 35.3 Å². The van der Waals surface area contributed by atoms with Crippen molar-refractivity contribution in [3.05, 3.63) is 34.9 Å². The molecule has 1 amide bonds. The molecular weight excluding hydrogens is 511 g/mol. The highest BCUT2D eigenvalue weighted by atomic mass is 127. The minimum absolute atomic E-state index is 0. The van der Waals surface area contributed by atoms with Crippen LogP contribution in [-0.2, 0) is 4.74 Å². The molecule has 2 rings (SSSR count). The average Bonchev–Trinajstić information content (AvgIpc) is 2.68. The maximum absolute atomic E-state index is 11.8. The molecule has 1 atom stereocenters. The van der Waals surface area contributed by atoms with E-state index in [4.69, 9.17) is 16.3 Å². The van der Waals surface area contributed by atoms with Crippen molar-refractivity contribution < 1.29 is 9.53 Å². The minimum atomic E-state index is -0.220. The van der Waals surface area contributed by atoms with Crippen molar-refractivity contribution in [1.29, 1.82) is 0 Å². The molecule has 1 aromatic rings.